The first kappa shape index (κ1) is 9.19. The van der Waals surface area contributed by atoms with Gasteiger partial charge in [0.2, 0.25) is 0 Å². The lowest BCUT2D eigenvalue weighted by atomic mass is 10.2. The van der Waals surface area contributed by atoms with Crippen LogP contribution in [0.25, 0.3) is 11.4 Å². The molecular formula is C11H15N3. The van der Waals surface area contributed by atoms with Crippen molar-refractivity contribution in [3.63, 3.8) is 0 Å². The lowest BCUT2D eigenvalue weighted by Gasteiger charge is -2.09. The van der Waals surface area contributed by atoms with Gasteiger partial charge in [-0.25, -0.2) is 4.98 Å². The Morgan fingerprint density at radius 3 is 3.14 bits per heavy atom. The molecule has 0 saturated carbocycles. The average molecular weight is 189 g/mol. The second-order valence-electron chi connectivity index (χ2n) is 3.51. The molecule has 3 nitrogen and oxygen atoms in total. The van der Waals surface area contributed by atoms with Crippen LogP contribution in [0.3, 0.4) is 0 Å². The van der Waals surface area contributed by atoms with Gasteiger partial charge in [0.25, 0.3) is 0 Å². The van der Waals surface area contributed by atoms with Gasteiger partial charge in [0.15, 0.2) is 0 Å². The molecule has 0 unspecified atom stereocenters. The van der Waals surface area contributed by atoms with Crippen LogP contribution in [0.5, 0.6) is 0 Å². The highest BCUT2D eigenvalue weighted by molar-refractivity contribution is 5.54. The molecule has 0 amide bonds. The molecule has 2 aliphatic rings. The molecule has 0 fully saturated rings. The largest absolute Gasteiger partial charge is 0.331 e. The van der Waals surface area contributed by atoms with E-state index >= 15 is 0 Å². The summed E-state index contributed by atoms with van der Waals surface area (Å²) in [7, 11) is 0. The van der Waals surface area contributed by atoms with Crippen LogP contribution in [0, 0.1) is 0 Å². The smallest absolute Gasteiger partial charge is 0.105 e. The van der Waals surface area contributed by atoms with Crippen molar-refractivity contribution in [3.8, 4) is 11.4 Å². The normalized spacial score (nSPS) is 10.9. The molecule has 0 aromatic rings. The summed E-state index contributed by atoms with van der Waals surface area (Å²) in [5, 5.41) is 0. The Bertz CT molecular complexity index is 367. The molecule has 0 N–H and O–H groups in total. The Morgan fingerprint density at radius 1 is 1.36 bits per heavy atom. The predicted octanol–water partition coefficient (Wildman–Crippen LogP) is 2.57. The minimum Gasteiger partial charge on any atom is -0.331 e. The summed E-state index contributed by atoms with van der Waals surface area (Å²) in [5.41, 5.74) is 2.18. The number of rotatable bonds is 4. The van der Waals surface area contributed by atoms with E-state index < -0.39 is 0 Å². The van der Waals surface area contributed by atoms with Gasteiger partial charge in [-0.2, -0.15) is 0 Å². The topological polar surface area (TPSA) is 30.7 Å². The average Bonchev–Trinajstić information content (AvgIpc) is 2.67. The first-order valence-corrected chi connectivity index (χ1v) is 5.16. The van der Waals surface area contributed by atoms with E-state index in [2.05, 4.69) is 21.5 Å². The van der Waals surface area contributed by atoms with Crippen LogP contribution >= 0.6 is 0 Å². The molecule has 0 bridgehead atoms. The first-order valence-electron chi connectivity index (χ1n) is 5.16. The van der Waals surface area contributed by atoms with E-state index in [-0.39, 0.29) is 0 Å². The van der Waals surface area contributed by atoms with Crippen LogP contribution in [-0.2, 0) is 6.54 Å². The number of hydrogen-bond acceptors (Lipinski definition) is 2. The molecule has 2 heterocycles. The van der Waals surface area contributed by atoms with Crippen molar-refractivity contribution in [1.29, 1.82) is 0 Å². The molecule has 14 heavy (non-hydrogen) atoms. The van der Waals surface area contributed by atoms with Crippen molar-refractivity contribution in [2.75, 3.05) is 0 Å². The summed E-state index contributed by atoms with van der Waals surface area (Å²) in [6.45, 7) is 3.26. The number of unbranched alkanes of at least 4 members (excludes halogenated alkanes) is 2. The Hall–Kier alpha value is -1.38. The molecule has 0 aromatic heterocycles. The summed E-state index contributed by atoms with van der Waals surface area (Å²) in [6.07, 6.45) is 9.28. The van der Waals surface area contributed by atoms with Crippen LogP contribution in [0.2, 0.25) is 0 Å². The predicted molar refractivity (Wildman–Crippen MR) is 56.2 cm³/mol. The quantitative estimate of drug-likeness (QED) is 0.692. The van der Waals surface area contributed by atoms with E-state index in [4.69, 9.17) is 0 Å². The first-order chi connectivity index (χ1) is 6.92. The molecule has 3 heteroatoms. The van der Waals surface area contributed by atoms with Crippen molar-refractivity contribution in [2.24, 2.45) is 0 Å². The van der Waals surface area contributed by atoms with Crippen LogP contribution < -0.4 is 0 Å². The van der Waals surface area contributed by atoms with E-state index in [9.17, 15) is 0 Å². The van der Waals surface area contributed by atoms with Gasteiger partial charge < -0.3 is 4.57 Å². The Kier molecular flexibility index (Phi) is 2.77. The molecule has 2 rings (SSSR count). The number of aryl methyl sites for hydroxylation is 1. The highest BCUT2D eigenvalue weighted by Crippen LogP contribution is 2.18. The second-order valence-corrected chi connectivity index (χ2v) is 3.51. The summed E-state index contributed by atoms with van der Waals surface area (Å²) < 4.78 is 2.18. The molecule has 0 aliphatic carbocycles. The van der Waals surface area contributed by atoms with Gasteiger partial charge in [-0.3, -0.25) is 4.98 Å². The lowest BCUT2D eigenvalue weighted by Crippen LogP contribution is -2.03. The Balaban J connectivity index is 2.13. The second kappa shape index (κ2) is 4.22. The van der Waals surface area contributed by atoms with Gasteiger partial charge in [-0.15, -0.1) is 0 Å². The van der Waals surface area contributed by atoms with Gasteiger partial charge in [0.1, 0.15) is 5.69 Å². The highest BCUT2D eigenvalue weighted by atomic mass is 15.0. The van der Waals surface area contributed by atoms with E-state index in [0.29, 0.717) is 0 Å². The summed E-state index contributed by atoms with van der Waals surface area (Å²) >= 11 is 0. The number of hydrogen-bond donors (Lipinski definition) is 0. The molecule has 74 valence electrons. The van der Waals surface area contributed by atoms with Gasteiger partial charge in [0.05, 0.1) is 18.2 Å². The maximum atomic E-state index is 4.22. The molecule has 0 saturated heterocycles. The third-order valence-corrected chi connectivity index (χ3v) is 2.42. The molecule has 0 radical (unpaired) electrons. The van der Waals surface area contributed by atoms with Gasteiger partial charge >= 0.3 is 0 Å². The van der Waals surface area contributed by atoms with Crippen LogP contribution in [0.15, 0.2) is 24.8 Å². The molecule has 0 spiro atoms. The van der Waals surface area contributed by atoms with E-state index in [1.807, 2.05) is 24.8 Å². The molecule has 2 aliphatic heterocycles. The monoisotopic (exact) mass is 189 g/mol. The van der Waals surface area contributed by atoms with Gasteiger partial charge in [0, 0.05) is 12.7 Å². The Labute approximate surface area is 84.2 Å². The van der Waals surface area contributed by atoms with E-state index in [1.165, 1.54) is 25.0 Å². The Morgan fingerprint density at radius 2 is 2.29 bits per heavy atom. The van der Waals surface area contributed by atoms with Crippen LogP contribution in [-0.4, -0.2) is 14.5 Å². The maximum Gasteiger partial charge on any atom is 0.105 e. The molecule has 0 atom stereocenters. The fourth-order valence-electron chi connectivity index (χ4n) is 1.64. The number of aromatic nitrogens is 3. The third-order valence-electron chi connectivity index (χ3n) is 2.42. The van der Waals surface area contributed by atoms with Crippen molar-refractivity contribution >= 4 is 0 Å². The summed E-state index contributed by atoms with van der Waals surface area (Å²) in [4.78, 5) is 8.39. The third kappa shape index (κ3) is 1.76. The molecular weight excluding hydrogens is 174 g/mol. The lowest BCUT2D eigenvalue weighted by molar-refractivity contribution is 0.596. The van der Waals surface area contributed by atoms with Crippen molar-refractivity contribution in [2.45, 2.75) is 32.7 Å². The number of nitrogens with zero attached hydrogens (tertiary/aromatic N) is 3. The summed E-state index contributed by atoms with van der Waals surface area (Å²) in [6, 6.07) is 2.04. The standard InChI is InChI=1S/C11H15N3/c1-2-3-4-7-14-9-12-8-10-11(14)5-6-13-10/h5-6,8-9H,2-4,7H2,1H3. The fourth-order valence-corrected chi connectivity index (χ4v) is 1.64. The highest BCUT2D eigenvalue weighted by Gasteiger charge is 2.06. The van der Waals surface area contributed by atoms with Gasteiger partial charge in [-0.1, -0.05) is 19.8 Å². The van der Waals surface area contributed by atoms with Crippen LogP contribution in [0.4, 0.5) is 0 Å². The van der Waals surface area contributed by atoms with E-state index in [1.54, 1.807) is 0 Å². The minimum absolute atomic E-state index is 0.990. The fraction of sp³-hybridized carbons (Fsp3) is 0.455. The maximum absolute atomic E-state index is 4.22. The summed E-state index contributed by atoms with van der Waals surface area (Å²) in [5.74, 6) is 0. The van der Waals surface area contributed by atoms with Crippen molar-refractivity contribution < 1.29 is 0 Å². The molecule has 0 aromatic carbocycles. The van der Waals surface area contributed by atoms with Crippen molar-refractivity contribution in [3.05, 3.63) is 24.8 Å². The number of fused-ring (bicyclic) bond motifs is 1. The SMILES string of the molecule is CCCCCn1cncc2nccc1-2. The van der Waals surface area contributed by atoms with E-state index in [0.717, 1.165) is 12.2 Å². The van der Waals surface area contributed by atoms with Gasteiger partial charge in [-0.05, 0) is 12.5 Å². The zero-order valence-electron chi connectivity index (χ0n) is 8.48. The zero-order chi connectivity index (χ0) is 9.80. The van der Waals surface area contributed by atoms with Crippen molar-refractivity contribution in [1.82, 2.24) is 14.5 Å². The minimum atomic E-state index is 0.990. The van der Waals surface area contributed by atoms with Crippen LogP contribution in [0.1, 0.15) is 26.2 Å². The zero-order valence-corrected chi connectivity index (χ0v) is 8.48.